The lowest BCUT2D eigenvalue weighted by molar-refractivity contribution is 0.151. The van der Waals surface area contributed by atoms with Crippen LogP contribution in [0, 0.1) is 0 Å². The van der Waals surface area contributed by atoms with E-state index >= 15 is 0 Å². The molecule has 1 aromatic carbocycles. The number of hydrogen-bond acceptors (Lipinski definition) is 9. The van der Waals surface area contributed by atoms with E-state index in [-0.39, 0.29) is 23.0 Å². The van der Waals surface area contributed by atoms with Crippen LogP contribution in [0.5, 0.6) is 5.75 Å². The van der Waals surface area contributed by atoms with E-state index in [1.54, 1.807) is 10.6 Å². The predicted molar refractivity (Wildman–Crippen MR) is 141 cm³/mol. The van der Waals surface area contributed by atoms with Gasteiger partial charge in [-0.1, -0.05) is 13.8 Å². The van der Waals surface area contributed by atoms with Crippen LogP contribution < -0.4 is 10.4 Å². The van der Waals surface area contributed by atoms with E-state index in [2.05, 4.69) is 20.2 Å². The summed E-state index contributed by atoms with van der Waals surface area (Å²) in [4.78, 5) is 23.1. The molecule has 0 bridgehead atoms. The van der Waals surface area contributed by atoms with E-state index in [4.69, 9.17) is 4.74 Å². The van der Waals surface area contributed by atoms with Gasteiger partial charge in [-0.05, 0) is 31.0 Å². The van der Waals surface area contributed by atoms with Gasteiger partial charge in [-0.3, -0.25) is 9.47 Å². The SMILES string of the molecule is CCCOc1ccc(S(=O)(=O)N2CCN(CCO)CC2)cc1-c1nnc2c3[nH]cnc3n(CCC)c(=O)n12. The summed E-state index contributed by atoms with van der Waals surface area (Å²) in [5, 5.41) is 17.8. The number of sulfonamides is 1. The zero-order chi connectivity index (χ0) is 26.9. The molecule has 0 amide bonds. The van der Waals surface area contributed by atoms with E-state index in [1.165, 1.54) is 27.2 Å². The number of nitrogens with zero attached hydrogens (tertiary/aromatic N) is 7. The summed E-state index contributed by atoms with van der Waals surface area (Å²) in [6.45, 7) is 7.06. The van der Waals surface area contributed by atoms with Gasteiger partial charge in [0.2, 0.25) is 10.0 Å². The maximum Gasteiger partial charge on any atom is 0.337 e. The third-order valence-corrected chi connectivity index (χ3v) is 8.56. The number of aliphatic hydroxyl groups excluding tert-OH is 1. The molecular weight excluding hydrogens is 512 g/mol. The number of β-amino-alcohol motifs (C(OH)–C–C–N with tert-alkyl or cyclic N) is 1. The van der Waals surface area contributed by atoms with Crippen LogP contribution in [0.2, 0.25) is 0 Å². The molecule has 13 nitrogen and oxygen atoms in total. The Labute approximate surface area is 219 Å². The van der Waals surface area contributed by atoms with Crippen LogP contribution >= 0.6 is 0 Å². The molecule has 204 valence electrons. The van der Waals surface area contributed by atoms with Gasteiger partial charge < -0.3 is 14.8 Å². The second-order valence-electron chi connectivity index (χ2n) is 9.19. The number of piperazine rings is 1. The molecule has 2 N–H and O–H groups in total. The van der Waals surface area contributed by atoms with Gasteiger partial charge in [-0.25, -0.2) is 22.6 Å². The summed E-state index contributed by atoms with van der Waals surface area (Å²) in [7, 11) is -3.83. The van der Waals surface area contributed by atoms with Gasteiger partial charge in [0.25, 0.3) is 0 Å². The number of aromatic nitrogens is 6. The van der Waals surface area contributed by atoms with Gasteiger partial charge in [0.15, 0.2) is 17.1 Å². The Hall–Kier alpha value is -3.33. The molecule has 0 saturated carbocycles. The smallest absolute Gasteiger partial charge is 0.337 e. The Morgan fingerprint density at radius 1 is 1.05 bits per heavy atom. The number of H-pyrrole nitrogens is 1. The van der Waals surface area contributed by atoms with Crippen molar-refractivity contribution in [3.05, 3.63) is 35.0 Å². The first kappa shape index (κ1) is 26.3. The number of rotatable bonds is 10. The summed E-state index contributed by atoms with van der Waals surface area (Å²) < 4.78 is 37.5. The van der Waals surface area contributed by atoms with Gasteiger partial charge in [-0.2, -0.15) is 4.31 Å². The molecule has 5 rings (SSSR count). The second-order valence-corrected chi connectivity index (χ2v) is 11.1. The molecular formula is C24H32N8O5S. The fourth-order valence-electron chi connectivity index (χ4n) is 4.76. The van der Waals surface area contributed by atoms with Gasteiger partial charge in [0.05, 0.1) is 30.0 Å². The van der Waals surface area contributed by atoms with Crippen LogP contribution in [-0.4, -0.2) is 97.8 Å². The maximum atomic E-state index is 13.6. The lowest BCUT2D eigenvalue weighted by atomic mass is 10.2. The molecule has 0 atom stereocenters. The number of ether oxygens (including phenoxy) is 1. The fourth-order valence-corrected chi connectivity index (χ4v) is 6.21. The third kappa shape index (κ3) is 4.57. The molecule has 1 fully saturated rings. The molecule has 0 unspecified atom stereocenters. The van der Waals surface area contributed by atoms with Gasteiger partial charge in [0, 0.05) is 39.3 Å². The highest BCUT2D eigenvalue weighted by Crippen LogP contribution is 2.33. The highest BCUT2D eigenvalue weighted by molar-refractivity contribution is 7.89. The number of fused-ring (bicyclic) bond motifs is 3. The van der Waals surface area contributed by atoms with Crippen LogP contribution in [0.4, 0.5) is 0 Å². The van der Waals surface area contributed by atoms with Crippen molar-refractivity contribution in [3.8, 4) is 17.1 Å². The molecule has 0 radical (unpaired) electrons. The maximum absolute atomic E-state index is 13.6. The van der Waals surface area contributed by atoms with Crippen molar-refractivity contribution in [1.29, 1.82) is 0 Å². The number of nitrogens with one attached hydrogen (secondary N) is 1. The van der Waals surface area contributed by atoms with Crippen molar-refractivity contribution in [2.75, 3.05) is 45.9 Å². The summed E-state index contributed by atoms with van der Waals surface area (Å²) in [6.07, 6.45) is 2.97. The Morgan fingerprint density at radius 2 is 1.84 bits per heavy atom. The van der Waals surface area contributed by atoms with E-state index < -0.39 is 10.0 Å². The van der Waals surface area contributed by atoms with Crippen LogP contribution in [-0.2, 0) is 16.6 Å². The Balaban J connectivity index is 1.64. The van der Waals surface area contributed by atoms with Crippen molar-refractivity contribution in [2.45, 2.75) is 38.1 Å². The second kappa shape index (κ2) is 10.8. The topological polar surface area (TPSA) is 151 Å². The lowest BCUT2D eigenvalue weighted by Gasteiger charge is -2.33. The third-order valence-electron chi connectivity index (χ3n) is 6.67. The summed E-state index contributed by atoms with van der Waals surface area (Å²) >= 11 is 0. The van der Waals surface area contributed by atoms with Gasteiger partial charge in [0.1, 0.15) is 11.3 Å². The monoisotopic (exact) mass is 544 g/mol. The number of imidazole rings is 1. The molecule has 1 saturated heterocycles. The number of benzene rings is 1. The number of aryl methyl sites for hydroxylation is 1. The first-order valence-corrected chi connectivity index (χ1v) is 14.3. The van der Waals surface area contributed by atoms with Crippen molar-refractivity contribution in [1.82, 2.24) is 38.3 Å². The predicted octanol–water partition coefficient (Wildman–Crippen LogP) is 0.932. The molecule has 3 aromatic heterocycles. The summed E-state index contributed by atoms with van der Waals surface area (Å²) in [5.74, 6) is 0.612. The minimum atomic E-state index is -3.83. The van der Waals surface area contributed by atoms with Gasteiger partial charge >= 0.3 is 5.69 Å². The quantitative estimate of drug-likeness (QED) is 0.297. The van der Waals surface area contributed by atoms with Crippen LogP contribution in [0.15, 0.2) is 34.2 Å². The largest absolute Gasteiger partial charge is 0.493 e. The molecule has 4 heterocycles. The first-order valence-electron chi connectivity index (χ1n) is 12.8. The Kier molecular flexibility index (Phi) is 7.47. The number of hydrogen-bond donors (Lipinski definition) is 2. The zero-order valence-corrected chi connectivity index (χ0v) is 22.3. The van der Waals surface area contributed by atoms with E-state index in [0.717, 1.165) is 12.8 Å². The van der Waals surface area contributed by atoms with Crippen molar-refractivity contribution < 1.29 is 18.3 Å². The highest BCUT2D eigenvalue weighted by atomic mass is 32.2. The molecule has 0 spiro atoms. The van der Waals surface area contributed by atoms with Crippen LogP contribution in [0.25, 0.3) is 28.2 Å². The minimum absolute atomic E-state index is 0.0342. The standard InChI is InChI=1S/C24H32N8O5S/c1-3-7-31-22-20(25-16-26-22)23-28-27-21(32(23)24(31)34)18-15-17(5-6-19(18)37-14-4-2)38(35,36)30-10-8-29(9-11-30)12-13-33/h5-6,15-16,33H,3-4,7-14H2,1-2H3,(H,25,26). The average Bonchev–Trinajstić information content (AvgIpc) is 3.58. The van der Waals surface area contributed by atoms with E-state index in [1.807, 2.05) is 18.7 Å². The normalized spacial score (nSPS) is 15.6. The van der Waals surface area contributed by atoms with Crippen molar-refractivity contribution in [3.63, 3.8) is 0 Å². The number of aromatic amines is 1. The van der Waals surface area contributed by atoms with Crippen molar-refractivity contribution >= 4 is 26.8 Å². The van der Waals surface area contributed by atoms with Crippen LogP contribution in [0.3, 0.4) is 0 Å². The fraction of sp³-hybridized carbons (Fsp3) is 0.500. The minimum Gasteiger partial charge on any atom is -0.493 e. The number of aliphatic hydroxyl groups is 1. The van der Waals surface area contributed by atoms with Crippen LogP contribution in [0.1, 0.15) is 26.7 Å². The molecule has 38 heavy (non-hydrogen) atoms. The van der Waals surface area contributed by atoms with Gasteiger partial charge in [-0.15, -0.1) is 10.2 Å². The van der Waals surface area contributed by atoms with E-state index in [0.29, 0.717) is 74.0 Å². The zero-order valence-electron chi connectivity index (χ0n) is 21.5. The summed E-state index contributed by atoms with van der Waals surface area (Å²) in [6, 6.07) is 4.65. The molecule has 14 heteroatoms. The lowest BCUT2D eigenvalue weighted by Crippen LogP contribution is -2.49. The molecule has 1 aliphatic rings. The molecule has 0 aliphatic carbocycles. The Bertz CT molecular complexity index is 1600. The Morgan fingerprint density at radius 3 is 2.55 bits per heavy atom. The molecule has 1 aliphatic heterocycles. The molecule has 4 aromatic rings. The average molecular weight is 545 g/mol. The summed E-state index contributed by atoms with van der Waals surface area (Å²) in [5.41, 5.74) is 1.36. The highest BCUT2D eigenvalue weighted by Gasteiger charge is 2.30. The van der Waals surface area contributed by atoms with Crippen molar-refractivity contribution in [2.24, 2.45) is 0 Å². The van der Waals surface area contributed by atoms with E-state index in [9.17, 15) is 18.3 Å². The first-order chi connectivity index (χ1) is 18.4.